The number of carboxylic acid groups (broad SMARTS) is 1. The first-order valence-corrected chi connectivity index (χ1v) is 6.29. The maximum absolute atomic E-state index is 11.8. The molecule has 0 aromatic carbocycles. The van der Waals surface area contributed by atoms with Crippen molar-refractivity contribution in [2.75, 3.05) is 6.61 Å². The molecule has 2 aliphatic rings. The molecule has 2 unspecified atom stereocenters. The molecule has 19 heavy (non-hydrogen) atoms. The summed E-state index contributed by atoms with van der Waals surface area (Å²) >= 11 is 1.09. The third-order valence-corrected chi connectivity index (χ3v) is 4.26. The number of rotatable bonds is 4. The number of carbonyl (C=O) groups is 3. The number of aliphatic hydroxyl groups is 1. The van der Waals surface area contributed by atoms with Gasteiger partial charge in [-0.25, -0.2) is 9.59 Å². The molecule has 0 spiro atoms. The van der Waals surface area contributed by atoms with E-state index in [1.807, 2.05) is 0 Å². The zero-order chi connectivity index (χ0) is 14.3. The lowest BCUT2D eigenvalue weighted by Gasteiger charge is -2.43. The van der Waals surface area contributed by atoms with Crippen LogP contribution in [0.2, 0.25) is 0 Å². The van der Waals surface area contributed by atoms with Crippen molar-refractivity contribution >= 4 is 29.7 Å². The molecule has 0 aromatic rings. The van der Waals surface area contributed by atoms with Gasteiger partial charge in [-0.05, 0) is 6.92 Å². The molecule has 0 saturated carbocycles. The molecule has 3 atom stereocenters. The normalized spacial score (nSPS) is 26.8. The molecule has 0 radical (unpaired) electrons. The van der Waals surface area contributed by atoms with Gasteiger partial charge in [-0.15, -0.1) is 0 Å². The van der Waals surface area contributed by atoms with Crippen LogP contribution in [-0.2, 0) is 14.3 Å². The molecule has 9 heteroatoms. The van der Waals surface area contributed by atoms with Crippen LogP contribution in [0.3, 0.4) is 0 Å². The van der Waals surface area contributed by atoms with Crippen molar-refractivity contribution in [1.29, 1.82) is 0 Å². The van der Waals surface area contributed by atoms with Crippen molar-refractivity contribution in [3.63, 3.8) is 0 Å². The Balaban J connectivity index is 2.21. The van der Waals surface area contributed by atoms with E-state index in [4.69, 9.17) is 10.8 Å². The number of aliphatic carboxylic acids is 1. The van der Waals surface area contributed by atoms with Crippen LogP contribution in [0.25, 0.3) is 0 Å². The smallest absolute Gasteiger partial charge is 0.404 e. The lowest BCUT2D eigenvalue weighted by Crippen LogP contribution is -2.60. The molecule has 2 aliphatic heterocycles. The van der Waals surface area contributed by atoms with E-state index in [9.17, 15) is 19.5 Å². The Morgan fingerprint density at radius 1 is 1.58 bits per heavy atom. The minimum Gasteiger partial charge on any atom is -0.477 e. The Morgan fingerprint density at radius 3 is 2.68 bits per heavy atom. The molecular formula is C10H12N2O6S. The highest BCUT2D eigenvalue weighted by molar-refractivity contribution is 8.04. The predicted molar refractivity (Wildman–Crippen MR) is 63.6 cm³/mol. The number of nitrogens with zero attached hydrogens (tertiary/aromatic N) is 1. The summed E-state index contributed by atoms with van der Waals surface area (Å²) in [6, 6.07) is 0. The van der Waals surface area contributed by atoms with Gasteiger partial charge in [0, 0.05) is 0 Å². The Morgan fingerprint density at radius 2 is 2.21 bits per heavy atom. The summed E-state index contributed by atoms with van der Waals surface area (Å²) in [6.07, 6.45) is -1.89. The van der Waals surface area contributed by atoms with Gasteiger partial charge in [0.15, 0.2) is 0 Å². The fraction of sp³-hybridized carbons (Fsp3) is 0.500. The number of thioether (sulfide) groups is 1. The van der Waals surface area contributed by atoms with E-state index in [2.05, 4.69) is 4.74 Å². The van der Waals surface area contributed by atoms with E-state index in [1.165, 1.54) is 6.92 Å². The molecule has 2 heterocycles. The number of amides is 2. The van der Waals surface area contributed by atoms with E-state index in [1.54, 1.807) is 0 Å². The number of ether oxygens (including phenoxy) is 1. The van der Waals surface area contributed by atoms with E-state index in [-0.39, 0.29) is 17.2 Å². The molecule has 2 rings (SSSR count). The van der Waals surface area contributed by atoms with Gasteiger partial charge >= 0.3 is 12.1 Å². The van der Waals surface area contributed by atoms with Gasteiger partial charge in [0.05, 0.1) is 16.9 Å². The molecule has 1 fully saturated rings. The largest absolute Gasteiger partial charge is 0.477 e. The number of β-lactam (4-membered cyclic amide) rings is 1. The van der Waals surface area contributed by atoms with Gasteiger partial charge in [-0.1, -0.05) is 11.8 Å². The quantitative estimate of drug-likeness (QED) is 0.582. The Kier molecular flexibility index (Phi) is 3.42. The van der Waals surface area contributed by atoms with Crippen LogP contribution in [0.1, 0.15) is 6.92 Å². The summed E-state index contributed by atoms with van der Waals surface area (Å²) in [7, 11) is 0. The van der Waals surface area contributed by atoms with Gasteiger partial charge in [-0.3, -0.25) is 9.69 Å². The first-order chi connectivity index (χ1) is 8.84. The van der Waals surface area contributed by atoms with Crippen molar-refractivity contribution < 1.29 is 29.3 Å². The van der Waals surface area contributed by atoms with Gasteiger partial charge in [0.2, 0.25) is 5.91 Å². The van der Waals surface area contributed by atoms with Crippen molar-refractivity contribution in [2.45, 2.75) is 18.4 Å². The molecule has 0 aliphatic carbocycles. The van der Waals surface area contributed by atoms with Crippen molar-refractivity contribution in [3.8, 4) is 0 Å². The number of carboxylic acids is 1. The minimum absolute atomic E-state index is 0.210. The molecule has 2 amide bonds. The lowest BCUT2D eigenvalue weighted by atomic mass is 9.92. The van der Waals surface area contributed by atoms with E-state index in [0.717, 1.165) is 16.7 Å². The first kappa shape index (κ1) is 13.7. The lowest BCUT2D eigenvalue weighted by molar-refractivity contribution is -0.156. The third-order valence-electron chi connectivity index (χ3n) is 2.92. The van der Waals surface area contributed by atoms with Crippen LogP contribution in [0.4, 0.5) is 4.79 Å². The van der Waals surface area contributed by atoms with Crippen LogP contribution in [-0.4, -0.2) is 51.2 Å². The average molecular weight is 288 g/mol. The van der Waals surface area contributed by atoms with E-state index in [0.29, 0.717) is 0 Å². The summed E-state index contributed by atoms with van der Waals surface area (Å²) < 4.78 is 4.56. The predicted octanol–water partition coefficient (Wildman–Crippen LogP) is -0.710. The maximum atomic E-state index is 11.8. The summed E-state index contributed by atoms with van der Waals surface area (Å²) in [5.41, 5.74) is 4.61. The van der Waals surface area contributed by atoms with Crippen LogP contribution in [0, 0.1) is 5.92 Å². The second-order valence-corrected chi connectivity index (χ2v) is 5.38. The second-order valence-electron chi connectivity index (χ2n) is 4.17. The van der Waals surface area contributed by atoms with E-state index >= 15 is 0 Å². The zero-order valence-electron chi connectivity index (χ0n) is 9.90. The van der Waals surface area contributed by atoms with Crippen molar-refractivity contribution in [2.24, 2.45) is 11.7 Å². The summed E-state index contributed by atoms with van der Waals surface area (Å²) in [5.74, 6) is -2.38. The number of primary amides is 1. The topological polar surface area (TPSA) is 130 Å². The van der Waals surface area contributed by atoms with Crippen LogP contribution in [0.15, 0.2) is 10.6 Å². The highest BCUT2D eigenvalue weighted by Crippen LogP contribution is 2.50. The first-order valence-electron chi connectivity index (χ1n) is 5.41. The van der Waals surface area contributed by atoms with Gasteiger partial charge in [0.25, 0.3) is 0 Å². The Bertz CT molecular complexity index is 488. The third kappa shape index (κ3) is 2.15. The fourth-order valence-electron chi connectivity index (χ4n) is 2.09. The van der Waals surface area contributed by atoms with Gasteiger partial charge in [-0.2, -0.15) is 0 Å². The molecule has 104 valence electrons. The van der Waals surface area contributed by atoms with Crippen molar-refractivity contribution in [1.82, 2.24) is 4.90 Å². The van der Waals surface area contributed by atoms with Crippen LogP contribution < -0.4 is 5.73 Å². The standard InChI is InChI=1S/C10H12N2O6S/c1-3(13)5-7(14)12-6(9(15)16)4(19-8(5)12)2-18-10(11)17/h3,5,8,13H,2H2,1H3,(H2,11,17)(H,15,16)/t3?,5?,8-/m1/s1. The van der Waals surface area contributed by atoms with Gasteiger partial charge in [0.1, 0.15) is 17.7 Å². The Hall–Kier alpha value is -1.74. The average Bonchev–Trinajstić information content (AvgIpc) is 2.60. The number of hydrogen-bond donors (Lipinski definition) is 3. The van der Waals surface area contributed by atoms with E-state index < -0.39 is 35.4 Å². The summed E-state index contributed by atoms with van der Waals surface area (Å²) in [6.45, 7) is 1.17. The molecule has 1 saturated heterocycles. The Labute approximate surface area is 112 Å². The number of fused-ring (bicyclic) bond motifs is 1. The fourth-order valence-corrected chi connectivity index (χ4v) is 3.61. The molecule has 8 nitrogen and oxygen atoms in total. The summed E-state index contributed by atoms with van der Waals surface area (Å²) in [5, 5.41) is 18.1. The minimum atomic E-state index is -1.28. The molecular weight excluding hydrogens is 276 g/mol. The zero-order valence-corrected chi connectivity index (χ0v) is 10.7. The number of nitrogens with two attached hydrogens (primary N) is 1. The monoisotopic (exact) mass is 288 g/mol. The van der Waals surface area contributed by atoms with Crippen LogP contribution >= 0.6 is 11.8 Å². The molecule has 4 N–H and O–H groups in total. The molecule has 0 bridgehead atoms. The van der Waals surface area contributed by atoms with Crippen LogP contribution in [0.5, 0.6) is 0 Å². The highest BCUT2D eigenvalue weighted by atomic mass is 32.2. The molecule has 0 aromatic heterocycles. The number of hydrogen-bond acceptors (Lipinski definition) is 6. The number of carbonyl (C=O) groups excluding carboxylic acids is 2. The van der Waals surface area contributed by atoms with Gasteiger partial charge < -0.3 is 20.7 Å². The summed E-state index contributed by atoms with van der Waals surface area (Å²) in [4.78, 5) is 34.9. The number of aliphatic hydroxyl groups excluding tert-OH is 1. The SMILES string of the molecule is CC(O)C1C(=O)N2C(C(=O)O)=C(COC(N)=O)S[C@H]12. The van der Waals surface area contributed by atoms with Crippen molar-refractivity contribution in [3.05, 3.63) is 10.6 Å². The maximum Gasteiger partial charge on any atom is 0.404 e. The second kappa shape index (κ2) is 4.74. The highest BCUT2D eigenvalue weighted by Gasteiger charge is 2.57.